The summed E-state index contributed by atoms with van der Waals surface area (Å²) in [6.45, 7) is 7.97. The molecule has 1 amide bonds. The van der Waals surface area contributed by atoms with Gasteiger partial charge in [0.2, 0.25) is 0 Å². The van der Waals surface area contributed by atoms with Gasteiger partial charge in [0.15, 0.2) is 12.4 Å². The lowest BCUT2D eigenvalue weighted by atomic mass is 9.78. The van der Waals surface area contributed by atoms with Crippen LogP contribution in [0.2, 0.25) is 5.02 Å². The van der Waals surface area contributed by atoms with Crippen LogP contribution in [0.3, 0.4) is 0 Å². The average Bonchev–Trinajstić information content (AvgIpc) is 2.63. The highest BCUT2D eigenvalue weighted by Crippen LogP contribution is 2.40. The molecule has 0 saturated carbocycles. The summed E-state index contributed by atoms with van der Waals surface area (Å²) in [6, 6.07) is 3.60. The third kappa shape index (κ3) is 2.30. The molecule has 22 heavy (non-hydrogen) atoms. The molecule has 3 rings (SSSR count). The second-order valence-corrected chi connectivity index (χ2v) is 7.09. The third-order valence-electron chi connectivity index (χ3n) is 4.65. The highest BCUT2D eigenvalue weighted by molar-refractivity contribution is 6.62. The molecule has 0 atom stereocenters. The van der Waals surface area contributed by atoms with Crippen LogP contribution in [0.1, 0.15) is 27.7 Å². The third-order valence-corrected chi connectivity index (χ3v) is 4.93. The summed E-state index contributed by atoms with van der Waals surface area (Å²) in [6.07, 6.45) is 0. The first-order valence-electron chi connectivity index (χ1n) is 7.21. The number of carbonyl (C=O) groups excluding carboxylic acids is 1. The molecule has 118 valence electrons. The minimum atomic E-state index is -0.529. The van der Waals surface area contributed by atoms with Crippen molar-refractivity contribution in [1.29, 1.82) is 0 Å². The minimum absolute atomic E-state index is 0.000935. The van der Waals surface area contributed by atoms with Gasteiger partial charge in [-0.25, -0.2) is 0 Å². The van der Waals surface area contributed by atoms with Gasteiger partial charge >= 0.3 is 7.12 Å². The molecule has 2 aliphatic rings. The van der Waals surface area contributed by atoms with Gasteiger partial charge in [-0.1, -0.05) is 11.6 Å². The first-order valence-corrected chi connectivity index (χ1v) is 7.58. The van der Waals surface area contributed by atoms with E-state index in [1.54, 1.807) is 18.0 Å². The van der Waals surface area contributed by atoms with Crippen LogP contribution in [0, 0.1) is 0 Å². The average molecular weight is 324 g/mol. The van der Waals surface area contributed by atoms with Crippen molar-refractivity contribution in [2.24, 2.45) is 0 Å². The Morgan fingerprint density at radius 2 is 1.77 bits per heavy atom. The van der Waals surface area contributed by atoms with E-state index < -0.39 is 18.3 Å². The standard InChI is InChI=1S/C15H19BClNO4/c1-14(2)15(3,4)22-16(21-14)9-6-10(17)13-11(7-9)18(5)12(19)8-20-13/h6-7H,8H2,1-5H3. The molecule has 7 heteroatoms. The van der Waals surface area contributed by atoms with Crippen molar-refractivity contribution in [3.05, 3.63) is 17.2 Å². The normalized spacial score (nSPS) is 22.5. The Kier molecular flexibility index (Phi) is 3.47. The van der Waals surface area contributed by atoms with Crippen molar-refractivity contribution in [3.8, 4) is 5.75 Å². The SMILES string of the molecule is CN1C(=O)COc2c(Cl)cc(B3OC(C)(C)C(C)(C)O3)cc21. The number of likely N-dealkylation sites (N-methyl/N-ethyl adjacent to an activating group) is 1. The maximum atomic E-state index is 11.8. The summed E-state index contributed by atoms with van der Waals surface area (Å²) in [5, 5.41) is 0.446. The number of rotatable bonds is 1. The summed E-state index contributed by atoms with van der Waals surface area (Å²) in [5.74, 6) is 0.402. The van der Waals surface area contributed by atoms with Crippen LogP contribution in [0.5, 0.6) is 5.75 Å². The van der Waals surface area contributed by atoms with Crippen LogP contribution < -0.4 is 15.1 Å². The minimum Gasteiger partial charge on any atom is -0.480 e. The Bertz CT molecular complexity index is 631. The number of nitrogens with zero attached hydrogens (tertiary/aromatic N) is 1. The summed E-state index contributed by atoms with van der Waals surface area (Å²) in [7, 11) is 1.17. The van der Waals surface area contributed by atoms with Gasteiger partial charge in [-0.15, -0.1) is 0 Å². The highest BCUT2D eigenvalue weighted by Gasteiger charge is 2.52. The largest absolute Gasteiger partial charge is 0.494 e. The molecule has 2 aliphatic heterocycles. The van der Waals surface area contributed by atoms with Gasteiger partial charge in [0.05, 0.1) is 21.9 Å². The maximum absolute atomic E-state index is 11.8. The molecule has 1 fully saturated rings. The van der Waals surface area contributed by atoms with Gasteiger partial charge in [0.25, 0.3) is 5.91 Å². The lowest BCUT2D eigenvalue weighted by Gasteiger charge is -2.32. The molecule has 0 bridgehead atoms. The number of benzene rings is 1. The predicted octanol–water partition coefficient (Wildman–Crippen LogP) is 1.99. The Hall–Kier alpha value is -1.24. The summed E-state index contributed by atoms with van der Waals surface area (Å²) in [4.78, 5) is 13.3. The fourth-order valence-corrected chi connectivity index (χ4v) is 2.75. The van der Waals surface area contributed by atoms with E-state index in [2.05, 4.69) is 0 Å². The van der Waals surface area contributed by atoms with E-state index in [-0.39, 0.29) is 12.5 Å². The lowest BCUT2D eigenvalue weighted by molar-refractivity contribution is -0.120. The van der Waals surface area contributed by atoms with E-state index in [0.29, 0.717) is 16.5 Å². The van der Waals surface area contributed by atoms with E-state index in [0.717, 1.165) is 5.46 Å². The van der Waals surface area contributed by atoms with Crippen molar-refractivity contribution in [1.82, 2.24) is 0 Å². The molecular weight excluding hydrogens is 304 g/mol. The van der Waals surface area contributed by atoms with Crippen LogP contribution >= 0.6 is 11.6 Å². The molecule has 0 aromatic heterocycles. The quantitative estimate of drug-likeness (QED) is 0.742. The molecule has 0 N–H and O–H groups in total. The van der Waals surface area contributed by atoms with Crippen LogP contribution in [0.4, 0.5) is 5.69 Å². The van der Waals surface area contributed by atoms with Crippen molar-refractivity contribution < 1.29 is 18.8 Å². The van der Waals surface area contributed by atoms with E-state index >= 15 is 0 Å². The second-order valence-electron chi connectivity index (χ2n) is 6.68. The molecule has 0 unspecified atom stereocenters. The van der Waals surface area contributed by atoms with Crippen molar-refractivity contribution in [3.63, 3.8) is 0 Å². The second kappa shape index (κ2) is 4.88. The number of amides is 1. The van der Waals surface area contributed by atoms with Gasteiger partial charge in [-0.2, -0.15) is 0 Å². The summed E-state index contributed by atoms with van der Waals surface area (Å²) in [5.41, 5.74) is 0.539. The first-order chi connectivity index (χ1) is 10.1. The lowest BCUT2D eigenvalue weighted by Crippen LogP contribution is -2.41. The van der Waals surface area contributed by atoms with Gasteiger partial charge in [0, 0.05) is 7.05 Å². The molecule has 2 heterocycles. The molecule has 0 aliphatic carbocycles. The highest BCUT2D eigenvalue weighted by atomic mass is 35.5. The topological polar surface area (TPSA) is 48.0 Å². The van der Waals surface area contributed by atoms with Crippen LogP contribution in [-0.4, -0.2) is 37.9 Å². The molecule has 1 aromatic carbocycles. The van der Waals surface area contributed by atoms with Crippen molar-refractivity contribution in [2.75, 3.05) is 18.6 Å². The Balaban J connectivity index is 2.01. The zero-order chi connectivity index (χ0) is 16.3. The molecule has 5 nitrogen and oxygen atoms in total. The van der Waals surface area contributed by atoms with E-state index in [9.17, 15) is 4.79 Å². The van der Waals surface area contributed by atoms with E-state index in [1.807, 2.05) is 33.8 Å². The number of anilines is 1. The molecular formula is C15H19BClNO4. The first kappa shape index (κ1) is 15.7. The number of fused-ring (bicyclic) bond motifs is 1. The zero-order valence-corrected chi connectivity index (χ0v) is 14.2. The summed E-state index contributed by atoms with van der Waals surface area (Å²) < 4.78 is 17.5. The number of hydrogen-bond donors (Lipinski definition) is 0. The number of ether oxygens (including phenoxy) is 1. The Morgan fingerprint density at radius 3 is 2.36 bits per heavy atom. The van der Waals surface area contributed by atoms with Crippen molar-refractivity contribution in [2.45, 2.75) is 38.9 Å². The van der Waals surface area contributed by atoms with Crippen LogP contribution in [-0.2, 0) is 14.1 Å². The monoisotopic (exact) mass is 323 g/mol. The maximum Gasteiger partial charge on any atom is 0.494 e. The van der Waals surface area contributed by atoms with Gasteiger partial charge < -0.3 is 18.9 Å². The predicted molar refractivity (Wildman–Crippen MR) is 86.1 cm³/mol. The van der Waals surface area contributed by atoms with Gasteiger partial charge in [0.1, 0.15) is 0 Å². The zero-order valence-electron chi connectivity index (χ0n) is 13.4. The fraction of sp³-hybridized carbons (Fsp3) is 0.533. The van der Waals surface area contributed by atoms with Crippen LogP contribution in [0.15, 0.2) is 12.1 Å². The Morgan fingerprint density at radius 1 is 1.18 bits per heavy atom. The number of carbonyl (C=O) groups is 1. The van der Waals surface area contributed by atoms with Crippen molar-refractivity contribution >= 4 is 35.8 Å². The molecule has 0 spiro atoms. The molecule has 1 aromatic rings. The smallest absolute Gasteiger partial charge is 0.480 e. The van der Waals surface area contributed by atoms with E-state index in [4.69, 9.17) is 25.6 Å². The van der Waals surface area contributed by atoms with Crippen LogP contribution in [0.25, 0.3) is 0 Å². The van der Waals surface area contributed by atoms with E-state index in [1.165, 1.54) is 0 Å². The number of hydrogen-bond acceptors (Lipinski definition) is 4. The molecule has 0 radical (unpaired) electrons. The molecule has 1 saturated heterocycles. The van der Waals surface area contributed by atoms with Gasteiger partial charge in [-0.3, -0.25) is 4.79 Å². The Labute approximate surface area is 135 Å². The number of halogens is 1. The summed E-state index contributed by atoms with van der Waals surface area (Å²) >= 11 is 6.31. The van der Waals surface area contributed by atoms with Gasteiger partial charge in [-0.05, 0) is 45.3 Å². The fourth-order valence-electron chi connectivity index (χ4n) is 2.47.